The number of aromatic amines is 1. The highest BCUT2D eigenvalue weighted by Crippen LogP contribution is 2.18. The van der Waals surface area contributed by atoms with Gasteiger partial charge in [-0.05, 0) is 24.6 Å². The van der Waals surface area contributed by atoms with E-state index in [0.29, 0.717) is 5.39 Å². The van der Waals surface area contributed by atoms with Crippen LogP contribution in [0.25, 0.3) is 10.9 Å². The number of nitrogens with zero attached hydrogens (tertiary/aromatic N) is 1. The average Bonchev–Trinajstić information content (AvgIpc) is 2.07. The maximum absolute atomic E-state index is 11.4. The summed E-state index contributed by atoms with van der Waals surface area (Å²) in [5, 5.41) is 0.620. The first-order valence-corrected chi connectivity index (χ1v) is 4.61. The molecule has 0 amide bonds. The molecule has 13 heavy (non-hydrogen) atoms. The molecule has 3 nitrogen and oxygen atoms in total. The van der Waals surface area contributed by atoms with E-state index in [1.807, 2.05) is 13.0 Å². The lowest BCUT2D eigenvalue weighted by atomic mass is 10.1. The van der Waals surface area contributed by atoms with E-state index in [4.69, 9.17) is 0 Å². The van der Waals surface area contributed by atoms with E-state index < -0.39 is 0 Å². The Morgan fingerprint density at radius 3 is 3.00 bits per heavy atom. The van der Waals surface area contributed by atoms with E-state index in [2.05, 4.69) is 25.9 Å². The number of hydrogen-bond donors (Lipinski definition) is 1. The van der Waals surface area contributed by atoms with Gasteiger partial charge in [-0.1, -0.05) is 15.9 Å². The number of nitrogens with one attached hydrogen (secondary N) is 1. The molecule has 2 rings (SSSR count). The second-order valence-electron chi connectivity index (χ2n) is 2.85. The monoisotopic (exact) mass is 238 g/mol. The normalized spacial score (nSPS) is 10.6. The molecule has 0 aliphatic rings. The molecule has 66 valence electrons. The SMILES string of the molecule is Cc1cc(Br)cc2c(=O)[nH]cnc12. The Kier molecular flexibility index (Phi) is 1.92. The maximum Gasteiger partial charge on any atom is 0.258 e. The van der Waals surface area contributed by atoms with Crippen molar-refractivity contribution < 1.29 is 0 Å². The quantitative estimate of drug-likeness (QED) is 0.764. The summed E-state index contributed by atoms with van der Waals surface area (Å²) < 4.78 is 0.899. The van der Waals surface area contributed by atoms with Crippen molar-refractivity contribution in [2.24, 2.45) is 0 Å². The highest BCUT2D eigenvalue weighted by molar-refractivity contribution is 9.10. The molecule has 4 heteroatoms. The molecular weight excluding hydrogens is 232 g/mol. The summed E-state index contributed by atoms with van der Waals surface area (Å²) >= 11 is 3.34. The predicted octanol–water partition coefficient (Wildman–Crippen LogP) is 1.99. The smallest absolute Gasteiger partial charge is 0.258 e. The Bertz CT molecular complexity index is 518. The molecular formula is C9H7BrN2O. The van der Waals surface area contributed by atoms with Crippen LogP contribution in [0.1, 0.15) is 5.56 Å². The van der Waals surface area contributed by atoms with Crippen LogP contribution in [0.4, 0.5) is 0 Å². The van der Waals surface area contributed by atoms with Gasteiger partial charge in [0.25, 0.3) is 5.56 Å². The number of benzene rings is 1. The highest BCUT2D eigenvalue weighted by Gasteiger charge is 2.02. The van der Waals surface area contributed by atoms with Gasteiger partial charge in [0.05, 0.1) is 17.2 Å². The number of fused-ring (bicyclic) bond motifs is 1. The molecule has 0 spiro atoms. The van der Waals surface area contributed by atoms with Crippen LogP contribution >= 0.6 is 15.9 Å². The lowest BCUT2D eigenvalue weighted by molar-refractivity contribution is 1.16. The number of halogens is 1. The van der Waals surface area contributed by atoms with Crippen molar-refractivity contribution in [3.63, 3.8) is 0 Å². The third-order valence-corrected chi connectivity index (χ3v) is 2.36. The first-order valence-electron chi connectivity index (χ1n) is 3.82. The van der Waals surface area contributed by atoms with Crippen LogP contribution in [-0.4, -0.2) is 9.97 Å². The Balaban J connectivity index is 3.03. The molecule has 0 aliphatic heterocycles. The molecule has 2 aromatic rings. The summed E-state index contributed by atoms with van der Waals surface area (Å²) in [7, 11) is 0. The molecule has 0 bridgehead atoms. The van der Waals surface area contributed by atoms with Crippen molar-refractivity contribution in [1.29, 1.82) is 0 Å². The van der Waals surface area contributed by atoms with E-state index >= 15 is 0 Å². The number of hydrogen-bond acceptors (Lipinski definition) is 2. The summed E-state index contributed by atoms with van der Waals surface area (Å²) in [6.07, 6.45) is 1.42. The minimum absolute atomic E-state index is 0.102. The summed E-state index contributed by atoms with van der Waals surface area (Å²) in [6, 6.07) is 3.71. The Labute approximate surface area is 82.9 Å². The van der Waals surface area contributed by atoms with Crippen LogP contribution in [0, 0.1) is 6.92 Å². The van der Waals surface area contributed by atoms with Gasteiger partial charge >= 0.3 is 0 Å². The van der Waals surface area contributed by atoms with Gasteiger partial charge in [-0.25, -0.2) is 4.98 Å². The van der Waals surface area contributed by atoms with Crippen molar-refractivity contribution in [2.45, 2.75) is 6.92 Å². The first-order chi connectivity index (χ1) is 6.18. The summed E-state index contributed by atoms with van der Waals surface area (Å²) in [4.78, 5) is 18.0. The zero-order chi connectivity index (χ0) is 9.42. The van der Waals surface area contributed by atoms with E-state index in [0.717, 1.165) is 15.6 Å². The number of H-pyrrole nitrogens is 1. The molecule has 0 saturated carbocycles. The van der Waals surface area contributed by atoms with Crippen molar-refractivity contribution >= 4 is 26.8 Å². The van der Waals surface area contributed by atoms with Crippen LogP contribution in [0.15, 0.2) is 27.7 Å². The number of aromatic nitrogens is 2. The Morgan fingerprint density at radius 2 is 2.23 bits per heavy atom. The van der Waals surface area contributed by atoms with Crippen LogP contribution < -0.4 is 5.56 Å². The molecule has 0 atom stereocenters. The fourth-order valence-electron chi connectivity index (χ4n) is 1.31. The standard InChI is InChI=1S/C9H7BrN2O/c1-5-2-6(10)3-7-8(5)11-4-12-9(7)13/h2-4H,1H3,(H,11,12,13). The Morgan fingerprint density at radius 1 is 1.46 bits per heavy atom. The molecule has 1 aromatic carbocycles. The molecule has 1 heterocycles. The lowest BCUT2D eigenvalue weighted by Crippen LogP contribution is -2.06. The van der Waals surface area contributed by atoms with Crippen LogP contribution in [-0.2, 0) is 0 Å². The van der Waals surface area contributed by atoms with E-state index in [9.17, 15) is 4.79 Å². The van der Waals surface area contributed by atoms with Crippen molar-refractivity contribution in [1.82, 2.24) is 9.97 Å². The van der Waals surface area contributed by atoms with Crippen LogP contribution in [0.3, 0.4) is 0 Å². The lowest BCUT2D eigenvalue weighted by Gasteiger charge is -2.00. The van der Waals surface area contributed by atoms with Gasteiger partial charge in [0, 0.05) is 4.47 Å². The van der Waals surface area contributed by atoms with E-state index in [1.165, 1.54) is 6.33 Å². The third-order valence-electron chi connectivity index (χ3n) is 1.90. The van der Waals surface area contributed by atoms with Gasteiger partial charge in [-0.15, -0.1) is 0 Å². The molecule has 1 N–H and O–H groups in total. The zero-order valence-corrected chi connectivity index (χ0v) is 8.55. The van der Waals surface area contributed by atoms with Gasteiger partial charge in [-0.2, -0.15) is 0 Å². The molecule has 0 saturated heterocycles. The molecule has 0 fully saturated rings. The van der Waals surface area contributed by atoms with Crippen LogP contribution in [0.2, 0.25) is 0 Å². The Hall–Kier alpha value is -1.16. The average molecular weight is 239 g/mol. The predicted molar refractivity (Wildman–Crippen MR) is 54.8 cm³/mol. The highest BCUT2D eigenvalue weighted by atomic mass is 79.9. The van der Waals surface area contributed by atoms with Crippen molar-refractivity contribution in [3.8, 4) is 0 Å². The van der Waals surface area contributed by atoms with Crippen molar-refractivity contribution in [2.75, 3.05) is 0 Å². The first kappa shape index (κ1) is 8.44. The molecule has 0 radical (unpaired) electrons. The fraction of sp³-hybridized carbons (Fsp3) is 0.111. The molecule has 0 unspecified atom stereocenters. The van der Waals surface area contributed by atoms with Crippen LogP contribution in [0.5, 0.6) is 0 Å². The minimum Gasteiger partial charge on any atom is -0.313 e. The van der Waals surface area contributed by atoms with Gasteiger partial charge < -0.3 is 4.98 Å². The molecule has 1 aromatic heterocycles. The second-order valence-corrected chi connectivity index (χ2v) is 3.77. The van der Waals surface area contributed by atoms with Gasteiger partial charge in [0.1, 0.15) is 0 Å². The molecule has 0 aliphatic carbocycles. The zero-order valence-electron chi connectivity index (χ0n) is 6.97. The van der Waals surface area contributed by atoms with E-state index in [-0.39, 0.29) is 5.56 Å². The van der Waals surface area contributed by atoms with Gasteiger partial charge in [-0.3, -0.25) is 4.79 Å². The second kappa shape index (κ2) is 2.96. The summed E-state index contributed by atoms with van der Waals surface area (Å²) in [5.74, 6) is 0. The van der Waals surface area contributed by atoms with Gasteiger partial charge in [0.2, 0.25) is 0 Å². The maximum atomic E-state index is 11.4. The topological polar surface area (TPSA) is 45.8 Å². The summed E-state index contributed by atoms with van der Waals surface area (Å²) in [6.45, 7) is 1.93. The third kappa shape index (κ3) is 1.37. The van der Waals surface area contributed by atoms with E-state index in [1.54, 1.807) is 6.07 Å². The largest absolute Gasteiger partial charge is 0.313 e. The number of aryl methyl sites for hydroxylation is 1. The van der Waals surface area contributed by atoms with Crippen molar-refractivity contribution in [3.05, 3.63) is 38.9 Å². The summed E-state index contributed by atoms with van der Waals surface area (Å²) in [5.41, 5.74) is 1.65. The minimum atomic E-state index is -0.102. The number of rotatable bonds is 0. The van der Waals surface area contributed by atoms with Gasteiger partial charge in [0.15, 0.2) is 0 Å². The fourth-order valence-corrected chi connectivity index (χ4v) is 1.89.